The molecule has 6 N–H and O–H groups in total. The number of benzene rings is 1. The van der Waals surface area contributed by atoms with Crippen molar-refractivity contribution in [2.24, 2.45) is 0 Å². The van der Waals surface area contributed by atoms with E-state index in [2.05, 4.69) is 19.6 Å². The predicted molar refractivity (Wildman–Crippen MR) is 148 cm³/mol. The number of hydrogen-bond donors (Lipinski definition) is 6. The Balaban J connectivity index is 2.48. The maximum absolute atomic E-state index is 9.30. The molecule has 0 amide bonds. The van der Waals surface area contributed by atoms with Gasteiger partial charge in [-0.3, -0.25) is 0 Å². The second-order valence-corrected chi connectivity index (χ2v) is 22.9. The van der Waals surface area contributed by atoms with E-state index in [1.54, 1.807) is 0 Å². The molecule has 0 aliphatic rings. The highest BCUT2D eigenvalue weighted by Gasteiger charge is 2.40. The summed E-state index contributed by atoms with van der Waals surface area (Å²) in [5.41, 5.74) is 0.952. The molecule has 13 heteroatoms. The molecule has 0 saturated carbocycles. The van der Waals surface area contributed by atoms with Gasteiger partial charge < -0.3 is 4.74 Å². The van der Waals surface area contributed by atoms with Crippen molar-refractivity contribution < 1.29 is 34.1 Å². The summed E-state index contributed by atoms with van der Waals surface area (Å²) in [5.74, 6) is 0.822. The minimum Gasteiger partial charge on any atom is -0.497 e. The van der Waals surface area contributed by atoms with Gasteiger partial charge in [-0.1, -0.05) is 68.8 Å². The second-order valence-electron chi connectivity index (χ2n) is 10.0. The zero-order valence-electron chi connectivity index (χ0n) is 20.6. The third-order valence-electron chi connectivity index (χ3n) is 5.65. The van der Waals surface area contributed by atoms with Crippen LogP contribution in [0.2, 0.25) is 43.8 Å². The fourth-order valence-electron chi connectivity index (χ4n) is 3.74. The molecule has 33 heavy (non-hydrogen) atoms. The molecule has 0 saturated heterocycles. The average molecular weight is 558 g/mol. The summed E-state index contributed by atoms with van der Waals surface area (Å²) in [4.78, 5) is 57.0. The molecule has 1 rings (SSSR count). The first-order valence-electron chi connectivity index (χ1n) is 11.8. The van der Waals surface area contributed by atoms with Crippen molar-refractivity contribution in [1.29, 1.82) is 0 Å². The van der Waals surface area contributed by atoms with E-state index in [-0.39, 0.29) is 6.54 Å². The Bertz CT molecular complexity index is 657. The van der Waals surface area contributed by atoms with E-state index < -0.39 is 45.3 Å². The molecule has 0 spiro atoms. The smallest absolute Gasteiger partial charge is 0.419 e. The van der Waals surface area contributed by atoms with E-state index in [0.717, 1.165) is 17.5 Å². The first-order valence-corrected chi connectivity index (χ1v) is 23.0. The van der Waals surface area contributed by atoms with Gasteiger partial charge in [0.2, 0.25) is 0 Å². The van der Waals surface area contributed by atoms with Crippen LogP contribution in [-0.2, 0) is 6.42 Å². The Hall–Kier alpha value is 0.251. The van der Waals surface area contributed by atoms with Crippen molar-refractivity contribution in [2.75, 3.05) is 25.3 Å². The average Bonchev–Trinajstić information content (AvgIpc) is 2.67. The quantitative estimate of drug-likeness (QED) is 0.127. The van der Waals surface area contributed by atoms with Crippen LogP contribution in [0.25, 0.3) is 0 Å². The van der Waals surface area contributed by atoms with Crippen LogP contribution in [0.15, 0.2) is 24.3 Å². The molecule has 0 radical (unpaired) electrons. The second kappa shape index (κ2) is 14.7. The van der Waals surface area contributed by atoms with E-state index in [4.69, 9.17) is 4.74 Å². The lowest BCUT2D eigenvalue weighted by Gasteiger charge is -2.23. The Labute approximate surface area is 205 Å². The van der Waals surface area contributed by atoms with Crippen LogP contribution in [-0.4, -0.2) is 86.7 Å². The van der Waals surface area contributed by atoms with Crippen LogP contribution in [0.1, 0.15) is 18.4 Å². The molecule has 0 aromatic heterocycles. The minimum atomic E-state index is -4.13. The summed E-state index contributed by atoms with van der Waals surface area (Å²) in [7, 11) is -8.86. The molecular weight excluding hydrogens is 512 g/mol. The largest absolute Gasteiger partial charge is 0.497 e. The molecule has 192 valence electrons. The fraction of sp³-hybridized carbons (Fsp3) is 0.700. The van der Waals surface area contributed by atoms with Gasteiger partial charge >= 0.3 is 15.9 Å². The summed E-state index contributed by atoms with van der Waals surface area (Å²) in [6, 6.07) is 13.3. The van der Waals surface area contributed by atoms with Crippen molar-refractivity contribution in [3.8, 4) is 5.75 Å². The lowest BCUT2D eigenvalue weighted by molar-refractivity contribution is 0.248. The van der Waals surface area contributed by atoms with E-state index >= 15 is 0 Å². The van der Waals surface area contributed by atoms with Gasteiger partial charge in [0.25, 0.3) is 0 Å². The highest BCUT2D eigenvalue weighted by Crippen LogP contribution is 2.49. The minimum absolute atomic E-state index is 0.217. The molecule has 1 atom stereocenters. The standard InChI is InChI=1S/C20H45NO7P2Si3/c1-32(13-4-12-31)14-5-15-33(2,3)18-28-20-8-6-19(7-9-20)10-11-21(16-29(22,23)24)17-30(25,26)27/h6-9,22-27,32H,4-5,10-18H2,1-3,31H3/q+2. The van der Waals surface area contributed by atoms with E-state index in [9.17, 15) is 29.4 Å². The molecule has 0 aliphatic carbocycles. The van der Waals surface area contributed by atoms with Crippen molar-refractivity contribution in [3.05, 3.63) is 29.8 Å². The van der Waals surface area contributed by atoms with Crippen molar-refractivity contribution in [2.45, 2.75) is 63.1 Å². The molecule has 0 fully saturated rings. The van der Waals surface area contributed by atoms with Gasteiger partial charge in [0, 0.05) is 25.6 Å². The van der Waals surface area contributed by atoms with Gasteiger partial charge in [-0.2, -0.15) is 29.4 Å². The maximum Gasteiger partial charge on any atom is 0.419 e. The van der Waals surface area contributed by atoms with E-state index in [1.165, 1.54) is 52.2 Å². The Kier molecular flexibility index (Phi) is 14.0. The molecule has 1 aromatic rings. The van der Waals surface area contributed by atoms with Gasteiger partial charge in [-0.25, -0.2) is 4.90 Å². The summed E-state index contributed by atoms with van der Waals surface area (Å²) in [5, 5.41) is 0. The summed E-state index contributed by atoms with van der Waals surface area (Å²) < 4.78 is 6.08. The number of rotatable bonds is 17. The summed E-state index contributed by atoms with van der Waals surface area (Å²) in [6.07, 6.45) is 2.99. The Morgan fingerprint density at radius 1 is 0.939 bits per heavy atom. The van der Waals surface area contributed by atoms with Crippen molar-refractivity contribution >= 4 is 43.0 Å². The molecule has 1 unspecified atom stereocenters. The van der Waals surface area contributed by atoms with Crippen LogP contribution in [0.5, 0.6) is 5.75 Å². The fourth-order valence-corrected chi connectivity index (χ4v) is 11.2. The van der Waals surface area contributed by atoms with Gasteiger partial charge in [0.15, 0.2) is 12.6 Å². The summed E-state index contributed by atoms with van der Waals surface area (Å²) >= 11 is 0. The van der Waals surface area contributed by atoms with Crippen LogP contribution in [0, 0.1) is 0 Å². The molecule has 0 bridgehead atoms. The highest BCUT2D eigenvalue weighted by molar-refractivity contribution is 7.59. The molecule has 0 heterocycles. The number of nitrogens with zero attached hydrogens (tertiary/aromatic N) is 1. The SMILES string of the molecule is C[SiH](CCC[SiH3])CCC[Si](C)(C)COc1ccc(CCN(C[P+](O)(O)O)C[P+](O)(O)O)cc1. The van der Waals surface area contributed by atoms with E-state index in [1.807, 2.05) is 24.3 Å². The number of ether oxygens (including phenoxy) is 1. The lowest BCUT2D eigenvalue weighted by atomic mass is 10.1. The topological polar surface area (TPSA) is 134 Å². The van der Waals surface area contributed by atoms with E-state index in [0.29, 0.717) is 6.42 Å². The lowest BCUT2D eigenvalue weighted by Crippen LogP contribution is -2.34. The predicted octanol–water partition coefficient (Wildman–Crippen LogP) is 1.97. The Morgan fingerprint density at radius 2 is 1.48 bits per heavy atom. The normalized spacial score (nSPS) is 14.1. The van der Waals surface area contributed by atoms with Gasteiger partial charge in [-0.05, 0) is 24.1 Å². The monoisotopic (exact) mass is 557 g/mol. The molecule has 1 aromatic carbocycles. The van der Waals surface area contributed by atoms with Crippen LogP contribution >= 0.6 is 15.9 Å². The van der Waals surface area contributed by atoms with Crippen LogP contribution in [0.3, 0.4) is 0 Å². The Morgan fingerprint density at radius 3 is 2.00 bits per heavy atom. The van der Waals surface area contributed by atoms with Gasteiger partial charge in [0.1, 0.15) is 5.75 Å². The molecular formula is C20H45NO7P2Si3+2. The first kappa shape index (κ1) is 31.3. The van der Waals surface area contributed by atoms with Crippen LogP contribution < -0.4 is 4.74 Å². The zero-order valence-corrected chi connectivity index (χ0v) is 26.5. The zero-order chi connectivity index (χ0) is 25.1. The highest BCUT2D eigenvalue weighted by atomic mass is 31.2. The first-order chi connectivity index (χ1) is 15.2. The maximum atomic E-state index is 9.30. The number of hydrogen-bond acceptors (Lipinski definition) is 8. The van der Waals surface area contributed by atoms with Crippen LogP contribution in [0.4, 0.5) is 0 Å². The van der Waals surface area contributed by atoms with Gasteiger partial charge in [0.05, 0.1) is 14.3 Å². The molecule has 0 aliphatic heterocycles. The van der Waals surface area contributed by atoms with Crippen molar-refractivity contribution in [3.63, 3.8) is 0 Å². The van der Waals surface area contributed by atoms with Crippen molar-refractivity contribution in [1.82, 2.24) is 4.90 Å². The summed E-state index contributed by atoms with van der Waals surface area (Å²) in [6.45, 7) is 7.50. The van der Waals surface area contributed by atoms with Gasteiger partial charge in [-0.15, -0.1) is 0 Å². The third-order valence-corrected chi connectivity index (χ3v) is 13.3. The molecule has 8 nitrogen and oxygen atoms in total. The third kappa shape index (κ3) is 16.5.